The molecular weight excluding hydrogens is 414 g/mol. The third-order valence-electron chi connectivity index (χ3n) is 7.40. The molecule has 0 radical (unpaired) electrons. The van der Waals surface area contributed by atoms with E-state index >= 15 is 0 Å². The Hall–Kier alpha value is -3.09. The maximum atomic E-state index is 12.8. The van der Waals surface area contributed by atoms with Crippen LogP contribution in [0.5, 0.6) is 0 Å². The Morgan fingerprint density at radius 1 is 1.15 bits per heavy atom. The first-order valence-corrected chi connectivity index (χ1v) is 12.2. The van der Waals surface area contributed by atoms with Crippen LogP contribution in [0.2, 0.25) is 0 Å². The Kier molecular flexibility index (Phi) is 5.96. The molecule has 7 heteroatoms. The molecule has 2 heterocycles. The number of carbonyl (C=O) groups is 2. The lowest BCUT2D eigenvalue weighted by atomic mass is 9.85. The molecule has 2 fully saturated rings. The summed E-state index contributed by atoms with van der Waals surface area (Å²) in [5, 5.41) is 8.00. The summed E-state index contributed by atoms with van der Waals surface area (Å²) < 4.78 is 0. The highest BCUT2D eigenvalue weighted by Crippen LogP contribution is 2.52. The van der Waals surface area contributed by atoms with Gasteiger partial charge in [-0.05, 0) is 62.1 Å². The molecule has 5 rings (SSSR count). The normalized spacial score (nSPS) is 26.0. The van der Waals surface area contributed by atoms with Crippen LogP contribution in [-0.4, -0.2) is 53.8 Å². The number of likely N-dealkylation sites (tertiary alicyclic amines) is 1. The summed E-state index contributed by atoms with van der Waals surface area (Å²) in [6, 6.07) is 6.32. The minimum Gasteiger partial charge on any atom is -0.361 e. The highest BCUT2D eigenvalue weighted by Gasteiger charge is 2.58. The van der Waals surface area contributed by atoms with Crippen molar-refractivity contribution in [2.45, 2.75) is 33.1 Å². The molecule has 4 atom stereocenters. The molecule has 2 amide bonds. The van der Waals surface area contributed by atoms with E-state index < -0.39 is 0 Å². The van der Waals surface area contributed by atoms with Crippen molar-refractivity contribution in [1.29, 1.82) is 0 Å². The average molecular weight is 448 g/mol. The van der Waals surface area contributed by atoms with E-state index in [1.54, 1.807) is 0 Å². The Morgan fingerprint density at radius 3 is 2.64 bits per heavy atom. The monoisotopic (exact) mass is 447 g/mol. The standard InChI is InChI=1S/C26H33N5O2/c1-3-27-26(29-12-10-19-15-30-20-7-4-6-16(2)21(19)20)28-11-5-13-31-24(32)22-17-8-9-18(14-17)23(22)25(31)33/h4,6-9,15,17-18,22-23,30H,3,5,10-14H2,1-2H3,(H2,27,28,29). The number of rotatable bonds is 8. The number of aliphatic imine (C=N–C) groups is 1. The van der Waals surface area contributed by atoms with Gasteiger partial charge in [-0.25, -0.2) is 0 Å². The van der Waals surface area contributed by atoms with Gasteiger partial charge in [0.25, 0.3) is 0 Å². The van der Waals surface area contributed by atoms with Crippen molar-refractivity contribution in [2.24, 2.45) is 28.7 Å². The molecule has 2 bridgehead atoms. The Labute approximate surface area is 194 Å². The van der Waals surface area contributed by atoms with Gasteiger partial charge in [-0.2, -0.15) is 0 Å². The van der Waals surface area contributed by atoms with Gasteiger partial charge in [-0.15, -0.1) is 0 Å². The zero-order valence-electron chi connectivity index (χ0n) is 19.4. The van der Waals surface area contributed by atoms with Crippen LogP contribution in [0.1, 0.15) is 30.9 Å². The predicted octanol–water partition coefficient (Wildman–Crippen LogP) is 2.77. The third kappa shape index (κ3) is 3.94. The molecule has 1 aliphatic heterocycles. The van der Waals surface area contributed by atoms with E-state index in [1.807, 2.05) is 6.92 Å². The Bertz CT molecular complexity index is 1090. The number of aromatic amines is 1. The van der Waals surface area contributed by atoms with Crippen molar-refractivity contribution < 1.29 is 9.59 Å². The second kappa shape index (κ2) is 9.04. The fourth-order valence-corrected chi connectivity index (χ4v) is 5.91. The molecule has 4 unspecified atom stereocenters. The summed E-state index contributed by atoms with van der Waals surface area (Å²) in [6.45, 7) is 6.77. The van der Waals surface area contributed by atoms with Crippen molar-refractivity contribution in [1.82, 2.24) is 20.5 Å². The number of imide groups is 1. The van der Waals surface area contributed by atoms with Crippen LogP contribution in [0.15, 0.2) is 41.5 Å². The number of amides is 2. The molecular formula is C26H33N5O2. The number of H-pyrrole nitrogens is 1. The second-order valence-corrected chi connectivity index (χ2v) is 9.43. The van der Waals surface area contributed by atoms with Crippen molar-refractivity contribution in [3.63, 3.8) is 0 Å². The van der Waals surface area contributed by atoms with Gasteiger partial charge >= 0.3 is 0 Å². The van der Waals surface area contributed by atoms with Crippen molar-refractivity contribution >= 4 is 28.7 Å². The number of allylic oxidation sites excluding steroid dienone is 2. The van der Waals surface area contributed by atoms with Crippen LogP contribution in [0, 0.1) is 30.6 Å². The molecule has 0 spiro atoms. The molecule has 33 heavy (non-hydrogen) atoms. The van der Waals surface area contributed by atoms with E-state index in [0.29, 0.717) is 19.5 Å². The summed E-state index contributed by atoms with van der Waals surface area (Å²) in [4.78, 5) is 35.1. The maximum absolute atomic E-state index is 12.8. The minimum atomic E-state index is -0.108. The van der Waals surface area contributed by atoms with E-state index in [1.165, 1.54) is 26.9 Å². The van der Waals surface area contributed by atoms with Crippen molar-refractivity contribution in [3.05, 3.63) is 47.7 Å². The molecule has 1 aromatic heterocycles. The summed E-state index contributed by atoms with van der Waals surface area (Å²) in [5.74, 6) is 1.16. The average Bonchev–Trinajstić information content (AvgIpc) is 3.57. The lowest BCUT2D eigenvalue weighted by Gasteiger charge is -2.17. The first kappa shape index (κ1) is 21.7. The second-order valence-electron chi connectivity index (χ2n) is 9.43. The van der Waals surface area contributed by atoms with Crippen LogP contribution in [0.4, 0.5) is 0 Å². The quantitative estimate of drug-likeness (QED) is 0.191. The van der Waals surface area contributed by atoms with E-state index in [0.717, 1.165) is 31.9 Å². The first-order valence-electron chi connectivity index (χ1n) is 12.2. The molecule has 7 nitrogen and oxygen atoms in total. The highest BCUT2D eigenvalue weighted by atomic mass is 16.2. The number of aryl methyl sites for hydroxylation is 1. The number of hydrogen-bond acceptors (Lipinski definition) is 3. The maximum Gasteiger partial charge on any atom is 0.233 e. The summed E-state index contributed by atoms with van der Waals surface area (Å²) in [6.07, 6.45) is 8.90. The Morgan fingerprint density at radius 2 is 1.91 bits per heavy atom. The van der Waals surface area contributed by atoms with Gasteiger partial charge in [0.1, 0.15) is 0 Å². The van der Waals surface area contributed by atoms with Crippen LogP contribution >= 0.6 is 0 Å². The number of aromatic nitrogens is 1. The third-order valence-corrected chi connectivity index (χ3v) is 7.40. The molecule has 3 N–H and O–H groups in total. The molecule has 1 saturated heterocycles. The molecule has 2 aliphatic carbocycles. The van der Waals surface area contributed by atoms with Crippen molar-refractivity contribution in [3.8, 4) is 0 Å². The molecule has 1 aromatic carbocycles. The topological polar surface area (TPSA) is 89.6 Å². The predicted molar refractivity (Wildman–Crippen MR) is 130 cm³/mol. The zero-order valence-corrected chi connectivity index (χ0v) is 19.4. The number of fused-ring (bicyclic) bond motifs is 6. The van der Waals surface area contributed by atoms with Gasteiger partial charge in [0.2, 0.25) is 11.8 Å². The largest absolute Gasteiger partial charge is 0.361 e. The van der Waals surface area contributed by atoms with Crippen LogP contribution < -0.4 is 10.6 Å². The molecule has 1 saturated carbocycles. The minimum absolute atomic E-state index is 0.0323. The summed E-state index contributed by atoms with van der Waals surface area (Å²) >= 11 is 0. The Balaban J connectivity index is 1.12. The fraction of sp³-hybridized carbons (Fsp3) is 0.500. The van der Waals surface area contributed by atoms with Crippen molar-refractivity contribution in [2.75, 3.05) is 26.2 Å². The van der Waals surface area contributed by atoms with Gasteiger partial charge in [-0.1, -0.05) is 24.3 Å². The van der Waals surface area contributed by atoms with E-state index in [2.05, 4.69) is 64.1 Å². The zero-order chi connectivity index (χ0) is 22.9. The smallest absolute Gasteiger partial charge is 0.233 e. The van der Waals surface area contributed by atoms with Gasteiger partial charge in [0.15, 0.2) is 5.96 Å². The number of nitrogens with one attached hydrogen (secondary N) is 3. The molecule has 174 valence electrons. The van der Waals surface area contributed by atoms with E-state index in [4.69, 9.17) is 0 Å². The lowest BCUT2D eigenvalue weighted by Crippen LogP contribution is -2.38. The highest BCUT2D eigenvalue weighted by molar-refractivity contribution is 6.06. The summed E-state index contributed by atoms with van der Waals surface area (Å²) in [5.41, 5.74) is 3.75. The van der Waals surface area contributed by atoms with Crippen LogP contribution in [0.3, 0.4) is 0 Å². The molecule has 2 aromatic rings. The van der Waals surface area contributed by atoms with E-state index in [9.17, 15) is 9.59 Å². The number of guanidine groups is 1. The van der Waals surface area contributed by atoms with Gasteiger partial charge < -0.3 is 15.6 Å². The SMILES string of the molecule is CCNC(=NCCCN1C(=O)C2C3C=CC(C3)C2C1=O)NCCc1c[nH]c2cccc(C)c12. The molecule has 3 aliphatic rings. The van der Waals surface area contributed by atoms with Crippen LogP contribution in [0.25, 0.3) is 10.9 Å². The first-order chi connectivity index (χ1) is 16.1. The number of carbonyl (C=O) groups excluding carboxylic acids is 2. The number of hydrogen-bond donors (Lipinski definition) is 3. The summed E-state index contributed by atoms with van der Waals surface area (Å²) in [7, 11) is 0. The van der Waals surface area contributed by atoms with E-state index in [-0.39, 0.29) is 35.5 Å². The fourth-order valence-electron chi connectivity index (χ4n) is 5.91. The number of nitrogens with zero attached hydrogens (tertiary/aromatic N) is 2. The number of benzene rings is 1. The van der Waals surface area contributed by atoms with Gasteiger partial charge in [-0.3, -0.25) is 19.5 Å². The van der Waals surface area contributed by atoms with Crippen LogP contribution in [-0.2, 0) is 16.0 Å². The lowest BCUT2D eigenvalue weighted by molar-refractivity contribution is -0.140. The van der Waals surface area contributed by atoms with Gasteiger partial charge in [0.05, 0.1) is 11.8 Å². The van der Waals surface area contributed by atoms with Gasteiger partial charge in [0, 0.05) is 43.3 Å².